The van der Waals surface area contributed by atoms with Crippen LogP contribution in [0.2, 0.25) is 0 Å². The van der Waals surface area contributed by atoms with E-state index >= 15 is 0 Å². The van der Waals surface area contributed by atoms with Crippen molar-refractivity contribution >= 4 is 12.1 Å². The van der Waals surface area contributed by atoms with E-state index in [9.17, 15) is 14.7 Å². The van der Waals surface area contributed by atoms with Crippen LogP contribution >= 0.6 is 0 Å². The molecule has 1 saturated heterocycles. The van der Waals surface area contributed by atoms with Crippen LogP contribution in [0.1, 0.15) is 47.0 Å². The number of amides is 1. The predicted octanol–water partition coefficient (Wildman–Crippen LogP) is 2.81. The number of nitrogens with zero attached hydrogens (tertiary/aromatic N) is 1. The van der Waals surface area contributed by atoms with Gasteiger partial charge in [0.25, 0.3) is 0 Å². The second-order valence-electron chi connectivity index (χ2n) is 5.75. The number of carbonyl (C=O) groups is 2. The molecule has 0 radical (unpaired) electrons. The van der Waals surface area contributed by atoms with Crippen molar-refractivity contribution in [2.75, 3.05) is 6.54 Å². The number of allylic oxidation sites excluding steroid dienone is 1. The van der Waals surface area contributed by atoms with Gasteiger partial charge >= 0.3 is 12.1 Å². The average molecular weight is 269 g/mol. The van der Waals surface area contributed by atoms with Crippen molar-refractivity contribution in [1.82, 2.24) is 4.90 Å². The van der Waals surface area contributed by atoms with Crippen LogP contribution in [0.15, 0.2) is 11.6 Å². The lowest BCUT2D eigenvalue weighted by atomic mass is 9.96. The van der Waals surface area contributed by atoms with Gasteiger partial charge < -0.3 is 9.84 Å². The summed E-state index contributed by atoms with van der Waals surface area (Å²) in [5, 5.41) is 9.27. The molecule has 0 bridgehead atoms. The summed E-state index contributed by atoms with van der Waals surface area (Å²) in [6.45, 7) is 7.73. The molecule has 1 amide bonds. The molecule has 1 rings (SSSR count). The Hall–Kier alpha value is -1.52. The molecule has 0 aromatic rings. The van der Waals surface area contributed by atoms with E-state index in [2.05, 4.69) is 0 Å². The average Bonchev–Trinajstić information content (AvgIpc) is 2.26. The first kappa shape index (κ1) is 15.5. The summed E-state index contributed by atoms with van der Waals surface area (Å²) in [5.74, 6) is -0.979. The van der Waals surface area contributed by atoms with Crippen molar-refractivity contribution in [2.45, 2.75) is 58.6 Å². The lowest BCUT2D eigenvalue weighted by Crippen LogP contribution is -2.50. The zero-order valence-electron chi connectivity index (χ0n) is 12.1. The van der Waals surface area contributed by atoms with Crippen LogP contribution in [-0.4, -0.2) is 40.3 Å². The van der Waals surface area contributed by atoms with Crippen LogP contribution < -0.4 is 0 Å². The molecule has 5 nitrogen and oxygen atoms in total. The Labute approximate surface area is 114 Å². The quantitative estimate of drug-likeness (QED) is 0.783. The highest BCUT2D eigenvalue weighted by Crippen LogP contribution is 2.25. The SMILES string of the molecule is CC/C=C1\CCN(C(=O)OC(C)(C)C)C(C(=O)O)C1. The third-order valence-corrected chi connectivity index (χ3v) is 2.91. The van der Waals surface area contributed by atoms with E-state index in [1.54, 1.807) is 20.8 Å². The van der Waals surface area contributed by atoms with Gasteiger partial charge in [0.15, 0.2) is 0 Å². The fourth-order valence-electron chi connectivity index (χ4n) is 2.11. The summed E-state index contributed by atoms with van der Waals surface area (Å²) >= 11 is 0. The molecule has 0 aliphatic carbocycles. The topological polar surface area (TPSA) is 66.8 Å². The first-order chi connectivity index (χ1) is 8.74. The van der Waals surface area contributed by atoms with E-state index in [0.717, 1.165) is 18.4 Å². The number of rotatable bonds is 2. The molecule has 1 aliphatic heterocycles. The van der Waals surface area contributed by atoms with Gasteiger partial charge in [0.1, 0.15) is 11.6 Å². The minimum absolute atomic E-state index is 0.391. The maximum atomic E-state index is 12.0. The summed E-state index contributed by atoms with van der Waals surface area (Å²) < 4.78 is 5.26. The number of hydrogen-bond donors (Lipinski definition) is 1. The lowest BCUT2D eigenvalue weighted by Gasteiger charge is -2.35. The number of likely N-dealkylation sites (tertiary alicyclic amines) is 1. The van der Waals surface area contributed by atoms with Crippen molar-refractivity contribution in [3.63, 3.8) is 0 Å². The van der Waals surface area contributed by atoms with Crippen LogP contribution in [0.5, 0.6) is 0 Å². The van der Waals surface area contributed by atoms with E-state index in [-0.39, 0.29) is 0 Å². The second kappa shape index (κ2) is 6.08. The minimum atomic E-state index is -0.979. The van der Waals surface area contributed by atoms with Gasteiger partial charge in [-0.15, -0.1) is 0 Å². The number of piperidine rings is 1. The molecule has 1 unspecified atom stereocenters. The maximum absolute atomic E-state index is 12.0. The molecule has 1 N–H and O–H groups in total. The molecule has 1 heterocycles. The highest BCUT2D eigenvalue weighted by molar-refractivity contribution is 5.81. The van der Waals surface area contributed by atoms with E-state index in [0.29, 0.717) is 13.0 Å². The summed E-state index contributed by atoms with van der Waals surface area (Å²) in [4.78, 5) is 24.6. The van der Waals surface area contributed by atoms with Gasteiger partial charge in [-0.05, 0) is 40.0 Å². The van der Waals surface area contributed by atoms with Crippen LogP contribution in [0.25, 0.3) is 0 Å². The number of ether oxygens (including phenoxy) is 1. The molecule has 1 aliphatic rings. The minimum Gasteiger partial charge on any atom is -0.480 e. The van der Waals surface area contributed by atoms with Crippen molar-refractivity contribution in [1.29, 1.82) is 0 Å². The van der Waals surface area contributed by atoms with Crippen LogP contribution in [0.3, 0.4) is 0 Å². The standard InChI is InChI=1S/C14H23NO4/c1-5-6-10-7-8-15(11(9-10)12(16)17)13(18)19-14(2,3)4/h6,11H,5,7-9H2,1-4H3,(H,16,17)/b10-6+. The fourth-order valence-corrected chi connectivity index (χ4v) is 2.11. The van der Waals surface area contributed by atoms with E-state index in [1.807, 2.05) is 13.0 Å². The molecule has 5 heteroatoms. The zero-order valence-corrected chi connectivity index (χ0v) is 12.1. The van der Waals surface area contributed by atoms with Crippen molar-refractivity contribution in [3.05, 3.63) is 11.6 Å². The smallest absolute Gasteiger partial charge is 0.411 e. The first-order valence-electron chi connectivity index (χ1n) is 6.65. The summed E-state index contributed by atoms with van der Waals surface area (Å²) in [5.41, 5.74) is 0.495. The number of carboxylic acids is 1. The van der Waals surface area contributed by atoms with Crippen molar-refractivity contribution < 1.29 is 19.4 Å². The Morgan fingerprint density at radius 2 is 2.11 bits per heavy atom. The van der Waals surface area contributed by atoms with Crippen LogP contribution in [0.4, 0.5) is 4.79 Å². The molecule has 1 atom stereocenters. The highest BCUT2D eigenvalue weighted by atomic mass is 16.6. The summed E-state index contributed by atoms with van der Waals surface area (Å²) in [7, 11) is 0. The van der Waals surface area contributed by atoms with E-state index in [1.165, 1.54) is 4.90 Å². The van der Waals surface area contributed by atoms with Gasteiger partial charge in [0, 0.05) is 6.54 Å². The van der Waals surface area contributed by atoms with Crippen LogP contribution in [-0.2, 0) is 9.53 Å². The zero-order chi connectivity index (χ0) is 14.6. The number of carbonyl (C=O) groups excluding carboxylic acids is 1. The third kappa shape index (κ3) is 4.58. The van der Waals surface area contributed by atoms with Gasteiger partial charge in [0.2, 0.25) is 0 Å². The molecule has 0 spiro atoms. The first-order valence-corrected chi connectivity index (χ1v) is 6.65. The number of hydrogen-bond acceptors (Lipinski definition) is 3. The van der Waals surface area contributed by atoms with Crippen molar-refractivity contribution in [2.24, 2.45) is 0 Å². The van der Waals surface area contributed by atoms with Gasteiger partial charge in [-0.2, -0.15) is 0 Å². The number of carboxylic acid groups (broad SMARTS) is 1. The fraction of sp³-hybridized carbons (Fsp3) is 0.714. The Morgan fingerprint density at radius 1 is 1.47 bits per heavy atom. The summed E-state index contributed by atoms with van der Waals surface area (Å²) in [6.07, 6.45) is 3.49. The van der Waals surface area contributed by atoms with Gasteiger partial charge in [-0.25, -0.2) is 9.59 Å². The van der Waals surface area contributed by atoms with Gasteiger partial charge in [-0.1, -0.05) is 18.6 Å². The molecule has 0 aromatic carbocycles. The normalized spacial score (nSPS) is 22.4. The monoisotopic (exact) mass is 269 g/mol. The maximum Gasteiger partial charge on any atom is 0.411 e. The Bertz CT molecular complexity index is 381. The second-order valence-corrected chi connectivity index (χ2v) is 5.75. The van der Waals surface area contributed by atoms with Gasteiger partial charge in [-0.3, -0.25) is 4.90 Å². The molecular weight excluding hydrogens is 246 g/mol. The molecule has 0 aromatic heterocycles. The highest BCUT2D eigenvalue weighted by Gasteiger charge is 2.36. The summed E-state index contributed by atoms with van der Waals surface area (Å²) in [6, 6.07) is -0.818. The van der Waals surface area contributed by atoms with E-state index in [4.69, 9.17) is 4.74 Å². The lowest BCUT2D eigenvalue weighted by molar-refractivity contribution is -0.143. The molecule has 1 fully saturated rings. The predicted molar refractivity (Wildman–Crippen MR) is 72.0 cm³/mol. The molecule has 19 heavy (non-hydrogen) atoms. The van der Waals surface area contributed by atoms with Crippen LogP contribution in [0, 0.1) is 0 Å². The molecule has 108 valence electrons. The number of aliphatic carboxylic acids is 1. The molecule has 0 saturated carbocycles. The molecular formula is C14H23NO4. The third-order valence-electron chi connectivity index (χ3n) is 2.91. The van der Waals surface area contributed by atoms with Crippen molar-refractivity contribution in [3.8, 4) is 0 Å². The Morgan fingerprint density at radius 3 is 2.58 bits per heavy atom. The Kier molecular flexibility index (Phi) is 4.97. The van der Waals surface area contributed by atoms with Gasteiger partial charge in [0.05, 0.1) is 0 Å². The largest absolute Gasteiger partial charge is 0.480 e. The Balaban J connectivity index is 2.80. The van der Waals surface area contributed by atoms with E-state index < -0.39 is 23.7 Å².